The predicted molar refractivity (Wildman–Crippen MR) is 139 cm³/mol. The molecule has 0 unspecified atom stereocenters. The molecule has 0 bridgehead atoms. The fraction of sp³-hybridized carbons (Fsp3) is 0.440. The van der Waals surface area contributed by atoms with Crippen LogP contribution in [0.3, 0.4) is 0 Å². The largest absolute Gasteiger partial charge is 0.384 e. The zero-order chi connectivity index (χ0) is 24.6. The van der Waals surface area contributed by atoms with Crippen LogP contribution in [0.4, 0.5) is 5.82 Å². The van der Waals surface area contributed by atoms with E-state index in [9.17, 15) is 9.90 Å². The Bertz CT molecular complexity index is 1390. The van der Waals surface area contributed by atoms with Gasteiger partial charge < -0.3 is 19.6 Å². The molecule has 6 rings (SSSR count). The number of carbonyl (C=O) groups is 1. The number of aliphatic hydroxyl groups excluding tert-OH is 1. The smallest absolute Gasteiger partial charge is 0.251 e. The first-order valence-electron chi connectivity index (χ1n) is 12.3. The Hall–Kier alpha value is -3.12. The molecule has 0 radical (unpaired) electrons. The Labute approximate surface area is 212 Å². The number of H-pyrrole nitrogens is 1. The summed E-state index contributed by atoms with van der Waals surface area (Å²) >= 11 is 1.70. The number of carbonyl (C=O) groups excluding carboxylic acids is 1. The molecule has 1 amide bonds. The molecule has 1 aromatic carbocycles. The molecule has 11 heteroatoms. The summed E-state index contributed by atoms with van der Waals surface area (Å²) in [6, 6.07) is 8.27. The number of ether oxygens (including phenoxy) is 1. The van der Waals surface area contributed by atoms with Crippen LogP contribution in [0.2, 0.25) is 0 Å². The summed E-state index contributed by atoms with van der Waals surface area (Å²) in [5.41, 5.74) is 1.93. The van der Waals surface area contributed by atoms with Gasteiger partial charge in [0.2, 0.25) is 0 Å². The number of nitrogens with one attached hydrogen (secondary N) is 1. The van der Waals surface area contributed by atoms with Crippen LogP contribution in [0.25, 0.3) is 32.5 Å². The minimum Gasteiger partial charge on any atom is -0.384 e. The van der Waals surface area contributed by atoms with E-state index in [2.05, 4.69) is 26.1 Å². The first kappa shape index (κ1) is 23.3. The Morgan fingerprint density at radius 1 is 1.14 bits per heavy atom. The lowest BCUT2D eigenvalue weighted by molar-refractivity contribution is -0.141. The molecule has 2 saturated heterocycles. The van der Waals surface area contributed by atoms with Crippen LogP contribution in [0.5, 0.6) is 0 Å². The number of anilines is 1. The highest BCUT2D eigenvalue weighted by Crippen LogP contribution is 2.35. The van der Waals surface area contributed by atoms with Crippen LogP contribution in [0.15, 0.2) is 30.5 Å². The van der Waals surface area contributed by atoms with E-state index in [1.165, 1.54) is 11.8 Å². The van der Waals surface area contributed by atoms with Crippen molar-refractivity contribution in [3.8, 4) is 11.4 Å². The van der Waals surface area contributed by atoms with E-state index in [1.54, 1.807) is 16.2 Å². The zero-order valence-corrected chi connectivity index (χ0v) is 21.0. The van der Waals surface area contributed by atoms with Crippen LogP contribution in [-0.2, 0) is 16.1 Å². The number of benzene rings is 1. The zero-order valence-electron chi connectivity index (χ0n) is 20.2. The molecule has 2 N–H and O–H groups in total. The van der Waals surface area contributed by atoms with Crippen LogP contribution < -0.4 is 4.90 Å². The van der Waals surface area contributed by atoms with Crippen LogP contribution >= 0.6 is 11.3 Å². The molecular formula is C25H29N7O3S. The molecule has 0 aliphatic carbocycles. The monoisotopic (exact) mass is 507 g/mol. The number of aliphatic hydroxyl groups is 1. The van der Waals surface area contributed by atoms with Gasteiger partial charge in [-0.1, -0.05) is 12.1 Å². The standard InChI is InChI=1S/C25H29N7O3S/c1-16(33)25(34)32-7-5-30(6-8-32)15-17-13-19-23(31-9-11-35-12-10-31)27-22(28-24(19)36-17)18-3-2-4-21-20(18)14-26-29-21/h2-4,13-14,16,33H,5-12,15H2,1H3,(H,26,29)/t16-/m0/s1. The SMILES string of the molecule is C[C@H](O)C(=O)N1CCN(Cc2cc3c(N4CCOCC4)nc(-c4cccc5[nH]ncc45)nc3s2)CC1. The van der Waals surface area contributed by atoms with E-state index in [1.807, 2.05) is 24.4 Å². The van der Waals surface area contributed by atoms with Crippen LogP contribution in [0.1, 0.15) is 11.8 Å². The van der Waals surface area contributed by atoms with Crippen molar-refractivity contribution in [3.63, 3.8) is 0 Å². The van der Waals surface area contributed by atoms with E-state index < -0.39 is 6.10 Å². The van der Waals surface area contributed by atoms with Crippen LogP contribution in [-0.4, -0.2) is 99.6 Å². The molecule has 0 saturated carbocycles. The maximum Gasteiger partial charge on any atom is 0.251 e. The van der Waals surface area contributed by atoms with Crippen molar-refractivity contribution in [2.45, 2.75) is 19.6 Å². The van der Waals surface area contributed by atoms with Crippen molar-refractivity contribution in [2.24, 2.45) is 0 Å². The van der Waals surface area contributed by atoms with Gasteiger partial charge in [0.1, 0.15) is 16.8 Å². The number of aromatic amines is 1. The minimum absolute atomic E-state index is 0.192. The van der Waals surface area contributed by atoms with Crippen LogP contribution in [0, 0.1) is 0 Å². The molecule has 36 heavy (non-hydrogen) atoms. The van der Waals surface area contributed by atoms with Gasteiger partial charge in [-0.3, -0.25) is 14.8 Å². The molecule has 2 fully saturated rings. The normalized spacial score (nSPS) is 18.3. The Kier molecular flexibility index (Phi) is 6.30. The summed E-state index contributed by atoms with van der Waals surface area (Å²) in [5, 5.41) is 18.9. The molecular weight excluding hydrogens is 478 g/mol. The molecule has 1 atom stereocenters. The number of aromatic nitrogens is 4. The summed E-state index contributed by atoms with van der Waals surface area (Å²) in [6.45, 7) is 8.11. The number of fused-ring (bicyclic) bond motifs is 2. The van der Waals surface area contributed by atoms with E-state index in [0.717, 1.165) is 65.2 Å². The van der Waals surface area contributed by atoms with Gasteiger partial charge in [0, 0.05) is 61.6 Å². The number of piperazine rings is 1. The molecule has 2 aliphatic rings. The summed E-state index contributed by atoms with van der Waals surface area (Å²) in [4.78, 5) is 30.8. The van der Waals surface area contributed by atoms with Crippen molar-refractivity contribution in [1.29, 1.82) is 0 Å². The molecule has 10 nitrogen and oxygen atoms in total. The average Bonchev–Trinajstić information content (AvgIpc) is 3.55. The van der Waals surface area contributed by atoms with Gasteiger partial charge in [-0.15, -0.1) is 11.3 Å². The Morgan fingerprint density at radius 3 is 2.72 bits per heavy atom. The number of hydrogen-bond donors (Lipinski definition) is 2. The lowest BCUT2D eigenvalue weighted by atomic mass is 10.1. The Balaban J connectivity index is 1.32. The van der Waals surface area contributed by atoms with E-state index in [-0.39, 0.29) is 5.91 Å². The third-order valence-corrected chi connectivity index (χ3v) is 7.89. The van der Waals surface area contributed by atoms with E-state index in [4.69, 9.17) is 14.7 Å². The van der Waals surface area contributed by atoms with Crippen molar-refractivity contribution in [3.05, 3.63) is 35.3 Å². The maximum absolute atomic E-state index is 12.1. The second kappa shape index (κ2) is 9.74. The number of amides is 1. The molecule has 5 heterocycles. The number of morpholine rings is 1. The third kappa shape index (κ3) is 4.43. The summed E-state index contributed by atoms with van der Waals surface area (Å²) < 4.78 is 5.60. The summed E-state index contributed by atoms with van der Waals surface area (Å²) in [6.07, 6.45) is 0.882. The lowest BCUT2D eigenvalue weighted by Gasteiger charge is -2.35. The van der Waals surface area contributed by atoms with Crippen molar-refractivity contribution >= 4 is 44.2 Å². The van der Waals surface area contributed by atoms with Gasteiger partial charge in [0.15, 0.2) is 5.82 Å². The maximum atomic E-state index is 12.1. The van der Waals surface area contributed by atoms with Gasteiger partial charge in [-0.2, -0.15) is 5.10 Å². The first-order valence-corrected chi connectivity index (χ1v) is 13.1. The summed E-state index contributed by atoms with van der Waals surface area (Å²) in [7, 11) is 0. The fourth-order valence-electron chi connectivity index (χ4n) is 4.95. The van der Waals surface area contributed by atoms with Gasteiger partial charge in [0.05, 0.1) is 30.3 Å². The van der Waals surface area contributed by atoms with Gasteiger partial charge in [-0.25, -0.2) is 9.97 Å². The molecule has 0 spiro atoms. The third-order valence-electron chi connectivity index (χ3n) is 6.88. The number of thiophene rings is 1. The van der Waals surface area contributed by atoms with Gasteiger partial charge >= 0.3 is 0 Å². The Morgan fingerprint density at radius 2 is 1.94 bits per heavy atom. The van der Waals surface area contributed by atoms with Crippen molar-refractivity contribution in [2.75, 3.05) is 57.4 Å². The predicted octanol–water partition coefficient (Wildman–Crippen LogP) is 2.10. The minimum atomic E-state index is -0.946. The quantitative estimate of drug-likeness (QED) is 0.423. The van der Waals surface area contributed by atoms with Gasteiger partial charge in [0.25, 0.3) is 5.91 Å². The average molecular weight is 508 g/mol. The number of rotatable bonds is 5. The van der Waals surface area contributed by atoms with Crippen molar-refractivity contribution in [1.82, 2.24) is 30.0 Å². The molecule has 188 valence electrons. The van der Waals surface area contributed by atoms with E-state index >= 15 is 0 Å². The highest BCUT2D eigenvalue weighted by molar-refractivity contribution is 7.18. The molecule has 2 aliphatic heterocycles. The second-order valence-corrected chi connectivity index (χ2v) is 10.4. The first-order chi connectivity index (χ1) is 17.6. The van der Waals surface area contributed by atoms with Crippen molar-refractivity contribution < 1.29 is 14.6 Å². The second-order valence-electron chi connectivity index (χ2n) is 9.32. The number of hydrogen-bond acceptors (Lipinski definition) is 9. The topological polar surface area (TPSA) is 111 Å². The highest BCUT2D eigenvalue weighted by Gasteiger charge is 2.25. The summed E-state index contributed by atoms with van der Waals surface area (Å²) in [5.74, 6) is 1.46. The van der Waals surface area contributed by atoms with E-state index in [0.29, 0.717) is 32.1 Å². The number of nitrogens with zero attached hydrogens (tertiary/aromatic N) is 6. The lowest BCUT2D eigenvalue weighted by Crippen LogP contribution is -2.50. The molecule has 4 aromatic rings. The highest BCUT2D eigenvalue weighted by atomic mass is 32.1. The molecule has 3 aromatic heterocycles. The van der Waals surface area contributed by atoms with Gasteiger partial charge in [-0.05, 0) is 19.1 Å². The fourth-order valence-corrected chi connectivity index (χ4v) is 6.01.